The van der Waals surface area contributed by atoms with Crippen molar-refractivity contribution in [3.05, 3.63) is 54.0 Å². The van der Waals surface area contributed by atoms with E-state index >= 15 is 0 Å². The summed E-state index contributed by atoms with van der Waals surface area (Å²) < 4.78 is 32.5. The predicted octanol–water partition coefficient (Wildman–Crippen LogP) is 4.96. The molecule has 0 amide bonds. The topological polar surface area (TPSA) is 132 Å². The summed E-state index contributed by atoms with van der Waals surface area (Å²) in [6.07, 6.45) is 8.40. The highest BCUT2D eigenvalue weighted by Gasteiger charge is 2.28. The molecule has 2 saturated heterocycles. The maximum absolute atomic E-state index is 12.7. The Bertz CT molecular complexity index is 1910. The summed E-state index contributed by atoms with van der Waals surface area (Å²) in [5, 5.41) is 6.79. The minimum absolute atomic E-state index is 0.0874. The lowest BCUT2D eigenvalue weighted by Gasteiger charge is -2.43. The van der Waals surface area contributed by atoms with E-state index in [9.17, 15) is 8.42 Å². The van der Waals surface area contributed by atoms with Gasteiger partial charge in [0.2, 0.25) is 16.0 Å². The van der Waals surface area contributed by atoms with E-state index in [1.165, 1.54) is 17.0 Å². The number of hydrogen-bond donors (Lipinski definition) is 2. The zero-order chi connectivity index (χ0) is 34.9. The monoisotopic (exact) mass is 688 g/mol. The number of anilines is 6. The van der Waals surface area contributed by atoms with Crippen LogP contribution < -0.4 is 24.6 Å². The Balaban J connectivity index is 1.26. The van der Waals surface area contributed by atoms with Crippen molar-refractivity contribution in [3.8, 4) is 5.75 Å². The normalized spacial score (nSPS) is 16.7. The van der Waals surface area contributed by atoms with Gasteiger partial charge in [-0.1, -0.05) is 13.8 Å². The average molecular weight is 689 g/mol. The Morgan fingerprint density at radius 2 is 1.67 bits per heavy atom. The molecule has 2 aliphatic heterocycles. The number of sulfonamides is 1. The van der Waals surface area contributed by atoms with E-state index < -0.39 is 10.0 Å². The molecule has 0 radical (unpaired) electrons. The van der Waals surface area contributed by atoms with Crippen LogP contribution in [0.15, 0.2) is 42.9 Å². The molecular weight excluding hydrogens is 641 g/mol. The van der Waals surface area contributed by atoms with Crippen LogP contribution >= 0.6 is 0 Å². The highest BCUT2D eigenvalue weighted by molar-refractivity contribution is 7.92. The van der Waals surface area contributed by atoms with Crippen LogP contribution in [0.1, 0.15) is 43.7 Å². The first kappa shape index (κ1) is 34.6. The van der Waals surface area contributed by atoms with Gasteiger partial charge >= 0.3 is 0 Å². The van der Waals surface area contributed by atoms with Gasteiger partial charge in [0.1, 0.15) is 22.8 Å². The number of piperazine rings is 1. The first-order valence-corrected chi connectivity index (χ1v) is 18.7. The molecule has 2 N–H and O–H groups in total. The van der Waals surface area contributed by atoms with Gasteiger partial charge in [-0.15, -0.1) is 0 Å². The lowest BCUT2D eigenvalue weighted by molar-refractivity contribution is 0.0982. The lowest BCUT2D eigenvalue weighted by atomic mass is 10.0. The molecule has 4 heterocycles. The van der Waals surface area contributed by atoms with Crippen LogP contribution in [-0.2, 0) is 10.0 Å². The summed E-state index contributed by atoms with van der Waals surface area (Å²) in [5.41, 5.74) is 5.91. The molecule has 0 spiro atoms. The Labute approximate surface area is 289 Å². The van der Waals surface area contributed by atoms with Gasteiger partial charge < -0.3 is 25.2 Å². The number of nitrogens with one attached hydrogen (secondary N) is 2. The smallest absolute Gasteiger partial charge is 0.232 e. The quantitative estimate of drug-likeness (QED) is 0.234. The van der Waals surface area contributed by atoms with Crippen LogP contribution in [-0.4, -0.2) is 111 Å². The zero-order valence-corrected chi connectivity index (χ0v) is 30.4. The Kier molecular flexibility index (Phi) is 10.1. The van der Waals surface area contributed by atoms with E-state index in [1.807, 2.05) is 6.07 Å². The zero-order valence-electron chi connectivity index (χ0n) is 29.6. The molecule has 14 heteroatoms. The fourth-order valence-corrected chi connectivity index (χ4v) is 7.29. The molecule has 0 bridgehead atoms. The van der Waals surface area contributed by atoms with Gasteiger partial charge in [-0.2, -0.15) is 4.98 Å². The van der Waals surface area contributed by atoms with E-state index in [0.29, 0.717) is 46.0 Å². The molecule has 4 aromatic rings. The average Bonchev–Trinajstić information content (AvgIpc) is 3.08. The van der Waals surface area contributed by atoms with Crippen LogP contribution in [0, 0.1) is 6.92 Å². The van der Waals surface area contributed by atoms with Crippen molar-refractivity contribution < 1.29 is 13.2 Å². The third-order valence-electron chi connectivity index (χ3n) is 9.74. The highest BCUT2D eigenvalue weighted by atomic mass is 32.2. The number of fused-ring (bicyclic) bond motifs is 1. The molecule has 2 aliphatic rings. The number of benzene rings is 2. The second kappa shape index (κ2) is 14.3. The minimum Gasteiger partial charge on any atom is -0.494 e. The SMILES string of the molecule is COc1cc(N2CCC(N3CCN(C)CC3)CC2)c(C)cc1Nc1ncc(C(C)C)c(Nc2ccc3nccnc3c2N(C)S(C)(=O)=O)n1. The molecule has 49 heavy (non-hydrogen) atoms. The van der Waals surface area contributed by atoms with Crippen molar-refractivity contribution in [2.24, 2.45) is 0 Å². The highest BCUT2D eigenvalue weighted by Crippen LogP contribution is 2.39. The third-order valence-corrected chi connectivity index (χ3v) is 10.9. The molecule has 0 atom stereocenters. The third kappa shape index (κ3) is 7.51. The van der Waals surface area contributed by atoms with Gasteiger partial charge in [0, 0.05) is 88.3 Å². The molecule has 2 aromatic carbocycles. The fourth-order valence-electron chi connectivity index (χ4n) is 6.77. The van der Waals surface area contributed by atoms with E-state index in [2.05, 4.69) is 80.2 Å². The van der Waals surface area contributed by atoms with Gasteiger partial charge in [-0.25, -0.2) is 13.4 Å². The summed E-state index contributed by atoms with van der Waals surface area (Å²) in [6, 6.07) is 8.45. The van der Waals surface area contributed by atoms with Crippen molar-refractivity contribution >= 4 is 55.6 Å². The van der Waals surface area contributed by atoms with Crippen LogP contribution in [0.3, 0.4) is 0 Å². The number of aryl methyl sites for hydroxylation is 1. The summed E-state index contributed by atoms with van der Waals surface area (Å²) in [6.45, 7) is 12.9. The first-order valence-electron chi connectivity index (χ1n) is 16.9. The molecule has 0 unspecified atom stereocenters. The molecule has 0 saturated carbocycles. The molecule has 262 valence electrons. The van der Waals surface area contributed by atoms with Crippen molar-refractivity contribution in [3.63, 3.8) is 0 Å². The van der Waals surface area contributed by atoms with E-state index in [4.69, 9.17) is 9.72 Å². The number of nitrogens with zero attached hydrogens (tertiary/aromatic N) is 8. The number of ether oxygens (including phenoxy) is 1. The van der Waals surface area contributed by atoms with Crippen LogP contribution in [0.5, 0.6) is 5.75 Å². The van der Waals surface area contributed by atoms with Crippen LogP contribution in [0.25, 0.3) is 11.0 Å². The second-order valence-corrected chi connectivity index (χ2v) is 15.4. The number of piperidine rings is 1. The Morgan fingerprint density at radius 3 is 2.35 bits per heavy atom. The number of hydrogen-bond acceptors (Lipinski definition) is 12. The van der Waals surface area contributed by atoms with Crippen LogP contribution in [0.2, 0.25) is 0 Å². The largest absolute Gasteiger partial charge is 0.494 e. The lowest BCUT2D eigenvalue weighted by Crippen LogP contribution is -2.52. The molecule has 13 nitrogen and oxygen atoms in total. The van der Waals surface area contributed by atoms with Gasteiger partial charge in [0.25, 0.3) is 0 Å². The predicted molar refractivity (Wildman–Crippen MR) is 198 cm³/mol. The summed E-state index contributed by atoms with van der Waals surface area (Å²) in [5.74, 6) is 1.72. The van der Waals surface area contributed by atoms with Crippen molar-refractivity contribution in [1.29, 1.82) is 0 Å². The van der Waals surface area contributed by atoms with Crippen LogP contribution in [0.4, 0.5) is 34.5 Å². The van der Waals surface area contributed by atoms with Gasteiger partial charge in [-0.3, -0.25) is 19.2 Å². The molecule has 2 fully saturated rings. The second-order valence-electron chi connectivity index (χ2n) is 13.4. The molecule has 0 aliphatic carbocycles. The molecule has 6 rings (SSSR count). The number of methoxy groups -OCH3 is 1. The minimum atomic E-state index is -3.61. The summed E-state index contributed by atoms with van der Waals surface area (Å²) >= 11 is 0. The summed E-state index contributed by atoms with van der Waals surface area (Å²) in [7, 11) is 1.78. The Hall–Kier alpha value is -4.27. The Morgan fingerprint density at radius 1 is 0.959 bits per heavy atom. The van der Waals surface area contributed by atoms with Gasteiger partial charge in [0.05, 0.1) is 30.3 Å². The number of rotatable bonds is 10. The van der Waals surface area contributed by atoms with Gasteiger partial charge in [-0.05, 0) is 56.5 Å². The summed E-state index contributed by atoms with van der Waals surface area (Å²) in [4.78, 5) is 26.0. The van der Waals surface area contributed by atoms with Crippen molar-refractivity contribution in [2.45, 2.75) is 45.6 Å². The molecule has 2 aromatic heterocycles. The van der Waals surface area contributed by atoms with E-state index in [1.54, 1.807) is 31.8 Å². The maximum Gasteiger partial charge on any atom is 0.232 e. The first-order chi connectivity index (χ1) is 23.4. The van der Waals surface area contributed by atoms with E-state index in [-0.39, 0.29) is 5.92 Å². The van der Waals surface area contributed by atoms with Crippen molar-refractivity contribution in [2.75, 3.05) is 86.6 Å². The maximum atomic E-state index is 12.7. The number of likely N-dealkylation sites (N-methyl/N-ethyl adjacent to an activating group) is 1. The fraction of sp³-hybridized carbons (Fsp3) is 0.486. The molecular formula is C35H48N10O3S. The standard InChI is InChI=1S/C35H48N10O3S/c1-23(2)26-22-38-35(41-34(26)39-28-9-8-27-32(37-13-12-36-27)33(28)43(5)49(7,46)47)40-29-20-24(3)30(21-31(29)48-6)45-14-10-25(11-15-45)44-18-16-42(4)17-19-44/h8-9,12-13,20-23,25H,10-11,14-19H2,1-7H3,(H2,38,39,40,41). The van der Waals surface area contributed by atoms with E-state index in [0.717, 1.165) is 75.2 Å². The van der Waals surface area contributed by atoms with Crippen molar-refractivity contribution in [1.82, 2.24) is 29.7 Å². The van der Waals surface area contributed by atoms with Gasteiger partial charge in [0.15, 0.2) is 0 Å². The number of aromatic nitrogens is 4.